The number of nitrogens with zero attached hydrogens (tertiary/aromatic N) is 2. The Morgan fingerprint density at radius 3 is 2.53 bits per heavy atom. The van der Waals surface area contributed by atoms with Gasteiger partial charge in [0.25, 0.3) is 0 Å². The average Bonchev–Trinajstić information content (AvgIpc) is 2.64. The van der Waals surface area contributed by atoms with Crippen molar-refractivity contribution in [2.75, 3.05) is 0 Å². The molecule has 1 heterocycles. The molecule has 0 N–H and O–H groups in total. The fourth-order valence-corrected chi connectivity index (χ4v) is 1.85. The lowest BCUT2D eigenvalue weighted by molar-refractivity contribution is 0.860. The van der Waals surface area contributed by atoms with Crippen molar-refractivity contribution in [2.45, 2.75) is 19.8 Å². The molecule has 0 atom stereocenters. The Bertz CT molecular complexity index is 455. The van der Waals surface area contributed by atoms with Crippen LogP contribution in [0, 0.1) is 0 Å². The topological polar surface area (TPSA) is 17.8 Å². The van der Waals surface area contributed by atoms with Gasteiger partial charge in [0.1, 0.15) is 0 Å². The largest absolute Gasteiger partial charge is 0.334 e. The third-order valence-corrected chi connectivity index (χ3v) is 2.68. The van der Waals surface area contributed by atoms with Gasteiger partial charge >= 0.3 is 0 Å². The van der Waals surface area contributed by atoms with E-state index in [4.69, 9.17) is 0 Å². The second-order valence-electron chi connectivity index (χ2n) is 4.13. The van der Waals surface area contributed by atoms with Crippen LogP contribution in [0.3, 0.4) is 0 Å². The van der Waals surface area contributed by atoms with Crippen LogP contribution in [0.2, 0.25) is 0 Å². The zero-order valence-corrected chi connectivity index (χ0v) is 9.44. The quantitative estimate of drug-likeness (QED) is 0.727. The second-order valence-corrected chi connectivity index (χ2v) is 4.13. The molecule has 0 saturated heterocycles. The van der Waals surface area contributed by atoms with Crippen LogP contribution in [0.5, 0.6) is 0 Å². The highest BCUT2D eigenvalue weighted by Crippen LogP contribution is 2.28. The number of aryl methyl sites for hydroxylation is 1. The van der Waals surface area contributed by atoms with E-state index in [2.05, 4.69) is 47.7 Å². The zero-order valence-electron chi connectivity index (χ0n) is 9.44. The van der Waals surface area contributed by atoms with Crippen LogP contribution in [-0.4, -0.2) is 9.55 Å². The number of hydrogen-bond acceptors (Lipinski definition) is 1. The van der Waals surface area contributed by atoms with Crippen molar-refractivity contribution in [1.82, 2.24) is 9.55 Å². The lowest BCUT2D eigenvalue weighted by atomic mass is 9.96. The van der Waals surface area contributed by atoms with Gasteiger partial charge in [0.05, 0.1) is 18.2 Å². The molecule has 0 spiro atoms. The van der Waals surface area contributed by atoms with Gasteiger partial charge in [-0.2, -0.15) is 0 Å². The number of benzene rings is 1. The molecule has 0 fully saturated rings. The maximum absolute atomic E-state index is 4.16. The molecular formula is C13H16N2. The van der Waals surface area contributed by atoms with Crippen molar-refractivity contribution in [1.29, 1.82) is 0 Å². The first-order valence-corrected chi connectivity index (χ1v) is 5.25. The fourth-order valence-electron chi connectivity index (χ4n) is 1.85. The zero-order chi connectivity index (χ0) is 10.8. The van der Waals surface area contributed by atoms with Crippen molar-refractivity contribution >= 4 is 0 Å². The molecule has 0 bridgehead atoms. The molecular weight excluding hydrogens is 184 g/mol. The van der Waals surface area contributed by atoms with E-state index < -0.39 is 0 Å². The summed E-state index contributed by atoms with van der Waals surface area (Å²) in [6.07, 6.45) is 3.76. The van der Waals surface area contributed by atoms with Crippen LogP contribution in [0.4, 0.5) is 0 Å². The Hall–Kier alpha value is -1.57. The minimum Gasteiger partial charge on any atom is -0.334 e. The van der Waals surface area contributed by atoms with E-state index >= 15 is 0 Å². The first kappa shape index (κ1) is 9.97. The smallest absolute Gasteiger partial charge is 0.0948 e. The van der Waals surface area contributed by atoms with Crippen LogP contribution in [0.25, 0.3) is 11.3 Å². The Morgan fingerprint density at radius 1 is 1.20 bits per heavy atom. The normalized spacial score (nSPS) is 10.9. The summed E-state index contributed by atoms with van der Waals surface area (Å²) in [6, 6.07) is 8.52. The summed E-state index contributed by atoms with van der Waals surface area (Å²) < 4.78 is 2.06. The molecule has 0 saturated carbocycles. The molecule has 0 aliphatic carbocycles. The summed E-state index contributed by atoms with van der Waals surface area (Å²) >= 11 is 0. The molecule has 0 amide bonds. The van der Waals surface area contributed by atoms with Crippen molar-refractivity contribution in [3.8, 4) is 11.3 Å². The number of imidazole rings is 1. The summed E-state index contributed by atoms with van der Waals surface area (Å²) in [6.45, 7) is 4.43. The van der Waals surface area contributed by atoms with Crippen LogP contribution in [0.15, 0.2) is 36.8 Å². The molecule has 1 aromatic heterocycles. The van der Waals surface area contributed by atoms with Gasteiger partial charge in [-0.3, -0.25) is 0 Å². The second kappa shape index (κ2) is 3.89. The number of hydrogen-bond donors (Lipinski definition) is 0. The van der Waals surface area contributed by atoms with Gasteiger partial charge in [0, 0.05) is 12.6 Å². The Morgan fingerprint density at radius 2 is 1.93 bits per heavy atom. The Kier molecular flexibility index (Phi) is 2.58. The SMILES string of the molecule is CC(C)c1ccccc1-c1cncn1C. The van der Waals surface area contributed by atoms with Gasteiger partial charge in [-0.05, 0) is 11.5 Å². The molecule has 2 rings (SSSR count). The Labute approximate surface area is 90.6 Å². The molecule has 1 aromatic carbocycles. The maximum atomic E-state index is 4.16. The molecule has 2 aromatic rings. The Balaban J connectivity index is 2.58. The first-order valence-electron chi connectivity index (χ1n) is 5.25. The van der Waals surface area contributed by atoms with Gasteiger partial charge in [0.15, 0.2) is 0 Å². The third-order valence-electron chi connectivity index (χ3n) is 2.68. The molecule has 78 valence electrons. The molecule has 0 aliphatic rings. The van der Waals surface area contributed by atoms with Crippen molar-refractivity contribution in [2.24, 2.45) is 7.05 Å². The van der Waals surface area contributed by atoms with Gasteiger partial charge in [0.2, 0.25) is 0 Å². The van der Waals surface area contributed by atoms with E-state index in [0.29, 0.717) is 5.92 Å². The van der Waals surface area contributed by atoms with Crippen molar-refractivity contribution in [3.05, 3.63) is 42.4 Å². The predicted octanol–water partition coefficient (Wildman–Crippen LogP) is 3.21. The highest BCUT2D eigenvalue weighted by atomic mass is 15.0. The van der Waals surface area contributed by atoms with Gasteiger partial charge < -0.3 is 4.57 Å². The summed E-state index contributed by atoms with van der Waals surface area (Å²) in [5.41, 5.74) is 3.84. The van der Waals surface area contributed by atoms with E-state index in [0.717, 1.165) is 0 Å². The number of aromatic nitrogens is 2. The third kappa shape index (κ3) is 1.80. The van der Waals surface area contributed by atoms with Gasteiger partial charge in [-0.15, -0.1) is 0 Å². The maximum Gasteiger partial charge on any atom is 0.0948 e. The monoisotopic (exact) mass is 200 g/mol. The van der Waals surface area contributed by atoms with Crippen LogP contribution < -0.4 is 0 Å². The summed E-state index contributed by atoms with van der Waals surface area (Å²) in [5.74, 6) is 0.538. The molecule has 2 nitrogen and oxygen atoms in total. The van der Waals surface area contributed by atoms with E-state index in [1.165, 1.54) is 16.8 Å². The summed E-state index contributed by atoms with van der Waals surface area (Å²) in [7, 11) is 2.03. The highest BCUT2D eigenvalue weighted by molar-refractivity contribution is 5.64. The minimum atomic E-state index is 0.538. The summed E-state index contributed by atoms with van der Waals surface area (Å²) in [5, 5.41) is 0. The van der Waals surface area contributed by atoms with Crippen LogP contribution >= 0.6 is 0 Å². The summed E-state index contributed by atoms with van der Waals surface area (Å²) in [4.78, 5) is 4.16. The van der Waals surface area contributed by atoms with E-state index in [1.807, 2.05) is 19.6 Å². The fraction of sp³-hybridized carbons (Fsp3) is 0.308. The first-order chi connectivity index (χ1) is 7.20. The van der Waals surface area contributed by atoms with E-state index in [1.54, 1.807) is 0 Å². The molecule has 2 heteroatoms. The standard InChI is InChI=1S/C13H16N2/c1-10(2)11-6-4-5-7-12(11)13-8-14-9-15(13)3/h4-10H,1-3H3. The number of rotatable bonds is 2. The van der Waals surface area contributed by atoms with Gasteiger partial charge in [-0.25, -0.2) is 4.98 Å². The highest BCUT2D eigenvalue weighted by Gasteiger charge is 2.09. The lowest BCUT2D eigenvalue weighted by Crippen LogP contribution is -1.95. The lowest BCUT2D eigenvalue weighted by Gasteiger charge is -2.12. The van der Waals surface area contributed by atoms with Crippen LogP contribution in [0.1, 0.15) is 25.3 Å². The minimum absolute atomic E-state index is 0.538. The van der Waals surface area contributed by atoms with Crippen molar-refractivity contribution < 1.29 is 0 Å². The van der Waals surface area contributed by atoms with E-state index in [-0.39, 0.29) is 0 Å². The van der Waals surface area contributed by atoms with Crippen molar-refractivity contribution in [3.63, 3.8) is 0 Å². The molecule has 0 radical (unpaired) electrons. The predicted molar refractivity (Wildman–Crippen MR) is 62.7 cm³/mol. The molecule has 15 heavy (non-hydrogen) atoms. The molecule has 0 aliphatic heterocycles. The van der Waals surface area contributed by atoms with Crippen LogP contribution in [-0.2, 0) is 7.05 Å². The van der Waals surface area contributed by atoms with Gasteiger partial charge in [-0.1, -0.05) is 38.1 Å². The average molecular weight is 200 g/mol. The molecule has 0 unspecified atom stereocenters. The van der Waals surface area contributed by atoms with E-state index in [9.17, 15) is 0 Å².